The minimum Gasteiger partial charge on any atom is -0.336 e. The molecule has 1 aliphatic rings. The Labute approximate surface area is 167 Å². The van der Waals surface area contributed by atoms with Crippen molar-refractivity contribution in [3.63, 3.8) is 0 Å². The van der Waals surface area contributed by atoms with Crippen LogP contribution in [0.5, 0.6) is 0 Å². The minimum absolute atomic E-state index is 0.0291. The van der Waals surface area contributed by atoms with E-state index >= 15 is 0 Å². The zero-order valence-corrected chi connectivity index (χ0v) is 16.7. The molecule has 0 aliphatic carbocycles. The lowest BCUT2D eigenvalue weighted by atomic mass is 9.97. The molecule has 0 bridgehead atoms. The van der Waals surface area contributed by atoms with Crippen molar-refractivity contribution in [2.75, 3.05) is 18.4 Å². The number of H-pyrrole nitrogens is 1. The number of hydrogen-bond donors (Lipinski definition) is 2. The maximum Gasteiger partial charge on any atom is 0.332 e. The number of para-hydroxylation sites is 1. The number of urea groups is 1. The van der Waals surface area contributed by atoms with Gasteiger partial charge in [0.05, 0.1) is 0 Å². The highest BCUT2D eigenvalue weighted by molar-refractivity contribution is 5.90. The van der Waals surface area contributed by atoms with Crippen molar-refractivity contribution in [3.8, 4) is 0 Å². The lowest BCUT2D eigenvalue weighted by molar-refractivity contribution is 0.191. The van der Waals surface area contributed by atoms with E-state index in [-0.39, 0.29) is 11.9 Å². The summed E-state index contributed by atoms with van der Waals surface area (Å²) in [6, 6.07) is 7.50. The largest absolute Gasteiger partial charge is 0.336 e. The highest BCUT2D eigenvalue weighted by Gasteiger charge is 2.28. The third kappa shape index (κ3) is 3.32. The number of hydrogen-bond acceptors (Lipinski definition) is 4. The fourth-order valence-electron chi connectivity index (χ4n) is 3.83. The van der Waals surface area contributed by atoms with Crippen LogP contribution in [0.2, 0.25) is 0 Å². The first-order valence-corrected chi connectivity index (χ1v) is 9.64. The summed E-state index contributed by atoms with van der Waals surface area (Å²) < 4.78 is 2.43. The summed E-state index contributed by atoms with van der Waals surface area (Å²) in [6.07, 6.45) is 1.68. The first-order chi connectivity index (χ1) is 13.9. The zero-order chi connectivity index (χ0) is 20.7. The van der Waals surface area contributed by atoms with Crippen molar-refractivity contribution in [1.29, 1.82) is 0 Å². The molecule has 1 aliphatic heterocycles. The number of carbonyl (C=O) groups is 1. The van der Waals surface area contributed by atoms with Crippen LogP contribution in [-0.4, -0.2) is 43.1 Å². The standard InChI is InChI=1S/C20H24N6O3/c1-12-7-4-5-9-14(12)21-19(28)26-10-6-8-13(11-26)16-22-15-17(23-16)24(2)20(29)25(3)18(15)27/h4-5,7,9,13H,6,8,10-11H2,1-3H3,(H,21,28)(H,22,23). The molecule has 2 N–H and O–H groups in total. The molecule has 9 nitrogen and oxygen atoms in total. The summed E-state index contributed by atoms with van der Waals surface area (Å²) in [7, 11) is 3.04. The van der Waals surface area contributed by atoms with Gasteiger partial charge in [-0.2, -0.15) is 0 Å². The highest BCUT2D eigenvalue weighted by atomic mass is 16.2. The number of benzene rings is 1. The molecule has 29 heavy (non-hydrogen) atoms. The second-order valence-electron chi connectivity index (χ2n) is 7.56. The average Bonchev–Trinajstić information content (AvgIpc) is 3.18. The quantitative estimate of drug-likeness (QED) is 0.687. The van der Waals surface area contributed by atoms with E-state index in [1.54, 1.807) is 11.9 Å². The van der Waals surface area contributed by atoms with E-state index in [0.717, 1.165) is 28.7 Å². The van der Waals surface area contributed by atoms with Gasteiger partial charge in [-0.1, -0.05) is 18.2 Å². The first kappa shape index (κ1) is 19.0. The molecular weight excluding hydrogens is 372 g/mol. The molecule has 1 fully saturated rings. The summed E-state index contributed by atoms with van der Waals surface area (Å²) in [5, 5.41) is 2.97. The van der Waals surface area contributed by atoms with Crippen LogP contribution in [-0.2, 0) is 14.1 Å². The number of aryl methyl sites for hydroxylation is 2. The molecule has 1 atom stereocenters. The van der Waals surface area contributed by atoms with Crippen LogP contribution in [0.1, 0.15) is 30.1 Å². The summed E-state index contributed by atoms with van der Waals surface area (Å²) >= 11 is 0. The molecule has 3 heterocycles. The van der Waals surface area contributed by atoms with Gasteiger partial charge in [-0.15, -0.1) is 0 Å². The number of nitrogens with zero attached hydrogens (tertiary/aromatic N) is 4. The number of nitrogens with one attached hydrogen (secondary N) is 2. The van der Waals surface area contributed by atoms with Gasteiger partial charge >= 0.3 is 11.7 Å². The van der Waals surface area contributed by atoms with E-state index in [4.69, 9.17) is 0 Å². The minimum atomic E-state index is -0.413. The zero-order valence-electron chi connectivity index (χ0n) is 16.7. The Morgan fingerprint density at radius 2 is 1.97 bits per heavy atom. The Bertz CT molecular complexity index is 1210. The maximum atomic E-state index is 12.8. The molecule has 152 valence electrons. The van der Waals surface area contributed by atoms with Crippen molar-refractivity contribution >= 4 is 22.9 Å². The van der Waals surface area contributed by atoms with Gasteiger partial charge in [0, 0.05) is 38.8 Å². The Morgan fingerprint density at radius 3 is 2.72 bits per heavy atom. The predicted octanol–water partition coefficient (Wildman–Crippen LogP) is 1.68. The van der Waals surface area contributed by atoms with E-state index < -0.39 is 11.2 Å². The summed E-state index contributed by atoms with van der Waals surface area (Å²) in [5.41, 5.74) is 1.64. The SMILES string of the molecule is Cc1ccccc1NC(=O)N1CCCC(c2nc3c([nH]2)c(=O)n(C)c(=O)n3C)C1. The third-order valence-corrected chi connectivity index (χ3v) is 5.60. The molecule has 2 aromatic heterocycles. The molecule has 0 spiro atoms. The van der Waals surface area contributed by atoms with Gasteiger partial charge in [-0.25, -0.2) is 14.6 Å². The van der Waals surface area contributed by atoms with Crippen LogP contribution >= 0.6 is 0 Å². The highest BCUT2D eigenvalue weighted by Crippen LogP contribution is 2.26. The third-order valence-electron chi connectivity index (χ3n) is 5.60. The number of imidazole rings is 1. The lowest BCUT2D eigenvalue weighted by Gasteiger charge is -2.32. The summed E-state index contributed by atoms with van der Waals surface area (Å²) in [4.78, 5) is 46.7. The molecule has 2 amide bonds. The monoisotopic (exact) mass is 396 g/mol. The molecular formula is C20H24N6O3. The molecule has 9 heteroatoms. The van der Waals surface area contributed by atoms with E-state index in [0.29, 0.717) is 30.1 Å². The number of rotatable bonds is 2. The number of anilines is 1. The van der Waals surface area contributed by atoms with Gasteiger partial charge in [0.1, 0.15) is 11.3 Å². The van der Waals surface area contributed by atoms with E-state index in [9.17, 15) is 14.4 Å². The second kappa shape index (κ2) is 7.23. The molecule has 0 radical (unpaired) electrons. The van der Waals surface area contributed by atoms with Crippen LogP contribution in [0.25, 0.3) is 11.2 Å². The van der Waals surface area contributed by atoms with Crippen molar-refractivity contribution in [2.24, 2.45) is 14.1 Å². The summed E-state index contributed by atoms with van der Waals surface area (Å²) in [6.45, 7) is 3.11. The van der Waals surface area contributed by atoms with E-state index in [1.165, 1.54) is 11.6 Å². The van der Waals surface area contributed by atoms with Crippen LogP contribution in [0, 0.1) is 6.92 Å². The van der Waals surface area contributed by atoms with Crippen molar-refractivity contribution in [1.82, 2.24) is 24.0 Å². The van der Waals surface area contributed by atoms with Gasteiger partial charge in [0.15, 0.2) is 5.65 Å². The van der Waals surface area contributed by atoms with E-state index in [1.807, 2.05) is 31.2 Å². The van der Waals surface area contributed by atoms with Gasteiger partial charge in [0.2, 0.25) is 0 Å². The van der Waals surface area contributed by atoms with Crippen molar-refractivity contribution in [3.05, 3.63) is 56.5 Å². The van der Waals surface area contributed by atoms with Crippen LogP contribution < -0.4 is 16.6 Å². The maximum absolute atomic E-state index is 12.8. The molecule has 4 rings (SSSR count). The van der Waals surface area contributed by atoms with Gasteiger partial charge < -0.3 is 15.2 Å². The number of aromatic nitrogens is 4. The number of fused-ring (bicyclic) bond motifs is 1. The van der Waals surface area contributed by atoms with E-state index in [2.05, 4.69) is 15.3 Å². The second-order valence-corrected chi connectivity index (χ2v) is 7.56. The predicted molar refractivity (Wildman–Crippen MR) is 110 cm³/mol. The Balaban J connectivity index is 1.59. The van der Waals surface area contributed by atoms with Crippen LogP contribution in [0.15, 0.2) is 33.9 Å². The fourth-order valence-corrected chi connectivity index (χ4v) is 3.83. The smallest absolute Gasteiger partial charge is 0.332 e. The molecule has 0 saturated carbocycles. The Morgan fingerprint density at radius 1 is 1.21 bits per heavy atom. The van der Waals surface area contributed by atoms with Gasteiger partial charge in [-0.3, -0.25) is 13.9 Å². The van der Waals surface area contributed by atoms with Gasteiger partial charge in [0.25, 0.3) is 5.56 Å². The van der Waals surface area contributed by atoms with Crippen molar-refractivity contribution in [2.45, 2.75) is 25.7 Å². The Kier molecular flexibility index (Phi) is 4.73. The Hall–Kier alpha value is -3.36. The number of carbonyl (C=O) groups excluding carboxylic acids is 1. The van der Waals surface area contributed by atoms with Crippen molar-refractivity contribution < 1.29 is 4.79 Å². The molecule has 1 unspecified atom stereocenters. The van der Waals surface area contributed by atoms with Gasteiger partial charge in [-0.05, 0) is 31.4 Å². The first-order valence-electron chi connectivity index (χ1n) is 9.64. The number of piperidine rings is 1. The van der Waals surface area contributed by atoms with Crippen LogP contribution in [0.3, 0.4) is 0 Å². The lowest BCUT2D eigenvalue weighted by Crippen LogP contribution is -2.42. The molecule has 3 aromatic rings. The molecule has 1 aromatic carbocycles. The molecule has 1 saturated heterocycles. The fraction of sp³-hybridized carbons (Fsp3) is 0.400. The summed E-state index contributed by atoms with van der Waals surface area (Å²) in [5.74, 6) is 0.602. The number of likely N-dealkylation sites (tertiary alicyclic amines) is 1. The number of aromatic amines is 1. The topological polar surface area (TPSA) is 105 Å². The number of amides is 2. The van der Waals surface area contributed by atoms with Crippen LogP contribution in [0.4, 0.5) is 10.5 Å². The normalized spacial score (nSPS) is 16.9. The average molecular weight is 396 g/mol.